The molecule has 146 valence electrons. The van der Waals surface area contributed by atoms with Crippen LogP contribution in [0.5, 0.6) is 5.75 Å². The number of phenolic OH excluding ortho intramolecular Hbond substituents is 1. The maximum atomic E-state index is 12.7. The number of carbonyl (C=O) groups is 1. The van der Waals surface area contributed by atoms with E-state index in [4.69, 9.17) is 0 Å². The van der Waals surface area contributed by atoms with E-state index in [9.17, 15) is 9.90 Å². The summed E-state index contributed by atoms with van der Waals surface area (Å²) in [5.74, 6) is 0.528. The molecule has 4 rings (SSSR count). The van der Waals surface area contributed by atoms with Crippen molar-refractivity contribution in [2.45, 2.75) is 6.42 Å². The van der Waals surface area contributed by atoms with Gasteiger partial charge in [-0.3, -0.25) is 9.69 Å². The van der Waals surface area contributed by atoms with Gasteiger partial charge in [-0.15, -0.1) is 0 Å². The summed E-state index contributed by atoms with van der Waals surface area (Å²) in [7, 11) is 0. The average molecular weight is 377 g/mol. The number of anilines is 1. The highest BCUT2D eigenvalue weighted by atomic mass is 16.3. The first-order chi connectivity index (χ1) is 13.7. The predicted molar refractivity (Wildman–Crippen MR) is 112 cm³/mol. The fraction of sp³-hybridized carbons (Fsp3) is 0.348. The van der Waals surface area contributed by atoms with Gasteiger partial charge in [-0.2, -0.15) is 0 Å². The molecule has 1 amide bonds. The van der Waals surface area contributed by atoms with E-state index in [1.165, 1.54) is 11.1 Å². The van der Waals surface area contributed by atoms with Crippen LogP contribution in [-0.4, -0.2) is 66.6 Å². The minimum absolute atomic E-state index is 0.208. The molecule has 0 unspecified atom stereocenters. The number of carbonyl (C=O) groups excluding carboxylic acids is 1. The highest BCUT2D eigenvalue weighted by molar-refractivity contribution is 5.80. The summed E-state index contributed by atoms with van der Waals surface area (Å²) in [4.78, 5) is 19.1. The molecule has 2 heterocycles. The minimum atomic E-state index is 0.208. The van der Waals surface area contributed by atoms with Crippen LogP contribution >= 0.6 is 0 Å². The summed E-state index contributed by atoms with van der Waals surface area (Å²) in [5, 5.41) is 10.0. The van der Waals surface area contributed by atoms with E-state index in [-0.39, 0.29) is 5.91 Å². The topological polar surface area (TPSA) is 47.0 Å². The number of hydrogen-bond acceptors (Lipinski definition) is 4. The Morgan fingerprint density at radius 2 is 1.61 bits per heavy atom. The van der Waals surface area contributed by atoms with Crippen molar-refractivity contribution in [3.63, 3.8) is 0 Å². The Bertz CT molecular complexity index is 842. The molecule has 2 aromatic rings. The van der Waals surface area contributed by atoms with E-state index < -0.39 is 0 Å². The third-order valence-electron chi connectivity index (χ3n) is 5.66. The molecule has 0 saturated carbocycles. The highest BCUT2D eigenvalue weighted by Crippen LogP contribution is 2.27. The summed E-state index contributed by atoms with van der Waals surface area (Å²) in [6.45, 7) is 5.27. The van der Waals surface area contributed by atoms with Gasteiger partial charge in [0.05, 0.1) is 12.2 Å². The largest absolute Gasteiger partial charge is 0.506 e. The summed E-state index contributed by atoms with van der Waals surface area (Å²) >= 11 is 0. The van der Waals surface area contributed by atoms with Crippen molar-refractivity contribution in [2.75, 3.05) is 50.7 Å². The second-order valence-electron chi connectivity index (χ2n) is 7.44. The van der Waals surface area contributed by atoms with Crippen molar-refractivity contribution < 1.29 is 9.90 Å². The van der Waals surface area contributed by atoms with Gasteiger partial charge in [0.25, 0.3) is 0 Å². The van der Waals surface area contributed by atoms with Gasteiger partial charge in [0, 0.05) is 39.3 Å². The van der Waals surface area contributed by atoms with Crippen molar-refractivity contribution in [1.29, 1.82) is 0 Å². The molecule has 0 bridgehead atoms. The van der Waals surface area contributed by atoms with Crippen molar-refractivity contribution in [2.24, 2.45) is 0 Å². The van der Waals surface area contributed by atoms with Crippen LogP contribution in [0.2, 0.25) is 0 Å². The first-order valence-corrected chi connectivity index (χ1v) is 9.98. The first kappa shape index (κ1) is 18.6. The molecular weight excluding hydrogens is 350 g/mol. The second kappa shape index (κ2) is 8.48. The van der Waals surface area contributed by atoms with Gasteiger partial charge in [0.2, 0.25) is 5.91 Å². The number of aromatic hydroxyl groups is 1. The Morgan fingerprint density at radius 1 is 0.893 bits per heavy atom. The van der Waals surface area contributed by atoms with E-state index in [0.29, 0.717) is 18.8 Å². The Morgan fingerprint density at radius 3 is 2.29 bits per heavy atom. The zero-order valence-corrected chi connectivity index (χ0v) is 16.1. The molecule has 2 aromatic carbocycles. The standard InChI is InChI=1S/C23H27N3O2/c27-22-9-5-4-8-21(22)25-16-14-24(15-17-25)18-23(28)26-12-10-20(11-13-26)19-6-2-1-3-7-19/h1-10,27H,11-18H2. The number of rotatable bonds is 4. The number of para-hydroxylation sites is 2. The molecule has 1 fully saturated rings. The molecule has 5 nitrogen and oxygen atoms in total. The maximum Gasteiger partial charge on any atom is 0.237 e. The molecular formula is C23H27N3O2. The third kappa shape index (κ3) is 4.20. The van der Waals surface area contributed by atoms with E-state index in [2.05, 4.69) is 40.1 Å². The van der Waals surface area contributed by atoms with Crippen LogP contribution in [0.15, 0.2) is 60.7 Å². The minimum Gasteiger partial charge on any atom is -0.506 e. The molecule has 0 aliphatic carbocycles. The Hall–Kier alpha value is -2.79. The average Bonchev–Trinajstić information content (AvgIpc) is 2.75. The first-order valence-electron chi connectivity index (χ1n) is 9.98. The smallest absolute Gasteiger partial charge is 0.237 e. The van der Waals surface area contributed by atoms with Crippen LogP contribution in [0.1, 0.15) is 12.0 Å². The van der Waals surface area contributed by atoms with E-state index in [1.54, 1.807) is 6.07 Å². The van der Waals surface area contributed by atoms with Crippen LogP contribution in [0.25, 0.3) is 5.57 Å². The maximum absolute atomic E-state index is 12.7. The SMILES string of the molecule is O=C(CN1CCN(c2ccccc2O)CC1)N1CC=C(c2ccccc2)CC1. The fourth-order valence-electron chi connectivity index (χ4n) is 3.98. The quantitative estimate of drug-likeness (QED) is 0.890. The van der Waals surface area contributed by atoms with E-state index >= 15 is 0 Å². The number of phenols is 1. The number of benzene rings is 2. The second-order valence-corrected chi connectivity index (χ2v) is 7.44. The molecule has 28 heavy (non-hydrogen) atoms. The molecule has 1 N–H and O–H groups in total. The molecule has 0 radical (unpaired) electrons. The summed E-state index contributed by atoms with van der Waals surface area (Å²) in [6.07, 6.45) is 3.10. The van der Waals surface area contributed by atoms with Crippen molar-refractivity contribution >= 4 is 17.2 Å². The molecule has 5 heteroatoms. The van der Waals surface area contributed by atoms with Gasteiger partial charge in [-0.1, -0.05) is 48.5 Å². The molecule has 0 aromatic heterocycles. The number of piperazine rings is 1. The number of amides is 1. The lowest BCUT2D eigenvalue weighted by atomic mass is 9.99. The highest BCUT2D eigenvalue weighted by Gasteiger charge is 2.24. The molecule has 1 saturated heterocycles. The molecule has 0 spiro atoms. The van der Waals surface area contributed by atoms with E-state index in [0.717, 1.165) is 44.8 Å². The van der Waals surface area contributed by atoms with Gasteiger partial charge in [-0.25, -0.2) is 0 Å². The van der Waals surface area contributed by atoms with Gasteiger partial charge in [-0.05, 0) is 29.7 Å². The Kier molecular flexibility index (Phi) is 5.63. The summed E-state index contributed by atoms with van der Waals surface area (Å²) < 4.78 is 0. The van der Waals surface area contributed by atoms with Gasteiger partial charge >= 0.3 is 0 Å². The van der Waals surface area contributed by atoms with Gasteiger partial charge < -0.3 is 14.9 Å². The van der Waals surface area contributed by atoms with Crippen molar-refractivity contribution in [1.82, 2.24) is 9.80 Å². The Labute approximate surface area is 166 Å². The van der Waals surface area contributed by atoms with Crippen LogP contribution in [0, 0.1) is 0 Å². The predicted octanol–water partition coefficient (Wildman–Crippen LogP) is 2.83. The monoisotopic (exact) mass is 377 g/mol. The molecule has 2 aliphatic heterocycles. The third-order valence-corrected chi connectivity index (χ3v) is 5.66. The van der Waals surface area contributed by atoms with Crippen LogP contribution in [0.3, 0.4) is 0 Å². The number of hydrogen-bond donors (Lipinski definition) is 1. The lowest BCUT2D eigenvalue weighted by Gasteiger charge is -2.37. The summed E-state index contributed by atoms with van der Waals surface area (Å²) in [6, 6.07) is 17.9. The van der Waals surface area contributed by atoms with Gasteiger partial charge in [0.1, 0.15) is 5.75 Å². The van der Waals surface area contributed by atoms with Crippen LogP contribution < -0.4 is 4.90 Å². The lowest BCUT2D eigenvalue weighted by Crippen LogP contribution is -2.50. The van der Waals surface area contributed by atoms with Crippen molar-refractivity contribution in [3.05, 3.63) is 66.2 Å². The summed E-state index contributed by atoms with van der Waals surface area (Å²) in [5.41, 5.74) is 3.47. The Balaban J connectivity index is 1.27. The van der Waals surface area contributed by atoms with E-state index in [1.807, 2.05) is 29.2 Å². The number of nitrogens with zero attached hydrogens (tertiary/aromatic N) is 3. The van der Waals surface area contributed by atoms with Crippen LogP contribution in [0.4, 0.5) is 5.69 Å². The lowest BCUT2D eigenvalue weighted by molar-refractivity contribution is -0.132. The van der Waals surface area contributed by atoms with Crippen LogP contribution in [-0.2, 0) is 4.79 Å². The zero-order chi connectivity index (χ0) is 19.3. The normalized spacial score (nSPS) is 18.1. The molecule has 0 atom stereocenters. The zero-order valence-electron chi connectivity index (χ0n) is 16.1. The molecule has 2 aliphatic rings. The van der Waals surface area contributed by atoms with Gasteiger partial charge in [0.15, 0.2) is 0 Å². The fourth-order valence-corrected chi connectivity index (χ4v) is 3.98. The van der Waals surface area contributed by atoms with Crippen molar-refractivity contribution in [3.8, 4) is 5.75 Å².